The van der Waals surface area contributed by atoms with Crippen molar-refractivity contribution in [2.24, 2.45) is 0 Å². The summed E-state index contributed by atoms with van der Waals surface area (Å²) in [5, 5.41) is 2.94. The number of benzene rings is 2. The zero-order valence-electron chi connectivity index (χ0n) is 17.1. The molecule has 0 bridgehead atoms. The molecule has 0 aromatic heterocycles. The Kier molecular flexibility index (Phi) is 5.84. The number of nitrogens with one attached hydrogen (secondary N) is 1. The van der Waals surface area contributed by atoms with E-state index >= 15 is 0 Å². The van der Waals surface area contributed by atoms with Crippen LogP contribution in [-0.2, 0) is 28.9 Å². The summed E-state index contributed by atoms with van der Waals surface area (Å²) in [6, 6.07) is 14.9. The summed E-state index contributed by atoms with van der Waals surface area (Å²) in [6.07, 6.45) is 3.78. The SMILES string of the molecule is CCc1ccc(CCC(=O)N2CCN(c3ccc4c(c3)CCC(=O)N4)CC2)cc1. The second-order valence-electron chi connectivity index (χ2n) is 7.93. The fourth-order valence-corrected chi connectivity index (χ4v) is 4.13. The van der Waals surface area contributed by atoms with Crippen molar-refractivity contribution in [3.63, 3.8) is 0 Å². The molecule has 0 unspecified atom stereocenters. The Bertz CT molecular complexity index is 883. The van der Waals surface area contributed by atoms with E-state index in [0.717, 1.165) is 51.1 Å². The topological polar surface area (TPSA) is 52.7 Å². The molecule has 2 heterocycles. The van der Waals surface area contributed by atoms with E-state index in [-0.39, 0.29) is 11.8 Å². The molecule has 2 aromatic carbocycles. The molecular weight excluding hydrogens is 362 g/mol. The zero-order chi connectivity index (χ0) is 20.2. The monoisotopic (exact) mass is 391 g/mol. The summed E-state index contributed by atoms with van der Waals surface area (Å²) in [5.74, 6) is 0.344. The van der Waals surface area contributed by atoms with Gasteiger partial charge in [0.15, 0.2) is 0 Å². The minimum absolute atomic E-state index is 0.0960. The minimum atomic E-state index is 0.0960. The van der Waals surface area contributed by atoms with E-state index < -0.39 is 0 Å². The van der Waals surface area contributed by atoms with E-state index in [1.54, 1.807) is 0 Å². The second kappa shape index (κ2) is 8.68. The molecule has 152 valence electrons. The molecule has 1 N–H and O–H groups in total. The van der Waals surface area contributed by atoms with Gasteiger partial charge in [0.2, 0.25) is 11.8 Å². The van der Waals surface area contributed by atoms with Crippen LogP contribution in [0.1, 0.15) is 36.5 Å². The minimum Gasteiger partial charge on any atom is -0.368 e. The predicted octanol–water partition coefficient (Wildman–Crippen LogP) is 3.42. The van der Waals surface area contributed by atoms with Crippen LogP contribution in [0.15, 0.2) is 42.5 Å². The van der Waals surface area contributed by atoms with Crippen LogP contribution in [-0.4, -0.2) is 42.9 Å². The molecule has 0 spiro atoms. The lowest BCUT2D eigenvalue weighted by Crippen LogP contribution is -2.48. The van der Waals surface area contributed by atoms with Crippen molar-refractivity contribution in [3.05, 3.63) is 59.2 Å². The highest BCUT2D eigenvalue weighted by Gasteiger charge is 2.22. The van der Waals surface area contributed by atoms with Crippen LogP contribution in [0.5, 0.6) is 0 Å². The first-order chi connectivity index (χ1) is 14.1. The highest BCUT2D eigenvalue weighted by Crippen LogP contribution is 2.28. The highest BCUT2D eigenvalue weighted by atomic mass is 16.2. The van der Waals surface area contributed by atoms with Crippen molar-refractivity contribution in [3.8, 4) is 0 Å². The summed E-state index contributed by atoms with van der Waals surface area (Å²) < 4.78 is 0. The van der Waals surface area contributed by atoms with Crippen LogP contribution < -0.4 is 10.2 Å². The largest absolute Gasteiger partial charge is 0.368 e. The number of carbonyl (C=O) groups excluding carboxylic acids is 2. The van der Waals surface area contributed by atoms with Crippen LogP contribution in [0, 0.1) is 0 Å². The summed E-state index contributed by atoms with van der Waals surface area (Å²) in [4.78, 5) is 28.5. The van der Waals surface area contributed by atoms with Crippen LogP contribution >= 0.6 is 0 Å². The molecule has 2 aliphatic rings. The van der Waals surface area contributed by atoms with E-state index in [9.17, 15) is 9.59 Å². The van der Waals surface area contributed by atoms with E-state index in [4.69, 9.17) is 0 Å². The summed E-state index contributed by atoms with van der Waals surface area (Å²) in [5.41, 5.74) is 5.89. The first kappa shape index (κ1) is 19.5. The van der Waals surface area contributed by atoms with Gasteiger partial charge in [0.1, 0.15) is 0 Å². The third-order valence-electron chi connectivity index (χ3n) is 6.04. The molecule has 0 saturated carbocycles. The molecule has 1 saturated heterocycles. The van der Waals surface area contributed by atoms with E-state index in [2.05, 4.69) is 53.5 Å². The van der Waals surface area contributed by atoms with Crippen LogP contribution in [0.4, 0.5) is 11.4 Å². The van der Waals surface area contributed by atoms with Crippen molar-refractivity contribution in [1.82, 2.24) is 4.90 Å². The number of hydrogen-bond acceptors (Lipinski definition) is 3. The van der Waals surface area contributed by atoms with Gasteiger partial charge in [-0.15, -0.1) is 0 Å². The van der Waals surface area contributed by atoms with E-state index in [0.29, 0.717) is 12.8 Å². The third-order valence-corrected chi connectivity index (χ3v) is 6.04. The summed E-state index contributed by atoms with van der Waals surface area (Å²) in [6.45, 7) is 5.38. The van der Waals surface area contributed by atoms with Gasteiger partial charge in [-0.3, -0.25) is 9.59 Å². The number of anilines is 2. The predicted molar refractivity (Wildman–Crippen MR) is 116 cm³/mol. The molecule has 0 aliphatic carbocycles. The molecule has 2 amide bonds. The Morgan fingerprint density at radius 1 is 0.966 bits per heavy atom. The lowest BCUT2D eigenvalue weighted by atomic mass is 10.0. The average molecular weight is 392 g/mol. The molecular formula is C24H29N3O2. The Balaban J connectivity index is 1.28. The van der Waals surface area contributed by atoms with E-state index in [1.165, 1.54) is 22.4 Å². The zero-order valence-corrected chi connectivity index (χ0v) is 17.1. The third kappa shape index (κ3) is 4.61. The Morgan fingerprint density at radius 3 is 2.41 bits per heavy atom. The van der Waals surface area contributed by atoms with Crippen LogP contribution in [0.3, 0.4) is 0 Å². The Hall–Kier alpha value is -2.82. The molecule has 0 radical (unpaired) electrons. The number of nitrogens with zero attached hydrogens (tertiary/aromatic N) is 2. The highest BCUT2D eigenvalue weighted by molar-refractivity contribution is 5.94. The number of rotatable bonds is 5. The molecule has 29 heavy (non-hydrogen) atoms. The summed E-state index contributed by atoms with van der Waals surface area (Å²) >= 11 is 0. The fourth-order valence-electron chi connectivity index (χ4n) is 4.13. The normalized spacial score (nSPS) is 16.4. The molecule has 0 atom stereocenters. The van der Waals surface area contributed by atoms with Crippen molar-refractivity contribution in [2.45, 2.75) is 39.0 Å². The van der Waals surface area contributed by atoms with Crippen LogP contribution in [0.2, 0.25) is 0 Å². The second-order valence-corrected chi connectivity index (χ2v) is 7.93. The molecule has 5 heteroatoms. The lowest BCUT2D eigenvalue weighted by molar-refractivity contribution is -0.131. The Morgan fingerprint density at radius 2 is 1.69 bits per heavy atom. The molecule has 4 rings (SSSR count). The van der Waals surface area contributed by atoms with Gasteiger partial charge < -0.3 is 15.1 Å². The van der Waals surface area contributed by atoms with Crippen LogP contribution in [0.25, 0.3) is 0 Å². The van der Waals surface area contributed by atoms with Gasteiger partial charge in [0.25, 0.3) is 0 Å². The standard InChI is InChI=1S/C24H29N3O2/c1-2-18-3-5-19(6-4-18)7-12-24(29)27-15-13-26(14-16-27)21-9-10-22-20(17-21)8-11-23(28)25-22/h3-6,9-10,17H,2,7-8,11-16H2,1H3,(H,25,28). The molecule has 2 aromatic rings. The number of fused-ring (bicyclic) bond motifs is 1. The summed E-state index contributed by atoms with van der Waals surface area (Å²) in [7, 11) is 0. The van der Waals surface area contributed by atoms with Crippen molar-refractivity contribution in [2.75, 3.05) is 36.4 Å². The van der Waals surface area contributed by atoms with Gasteiger partial charge in [-0.25, -0.2) is 0 Å². The molecule has 2 aliphatic heterocycles. The number of piperazine rings is 1. The first-order valence-corrected chi connectivity index (χ1v) is 10.7. The van der Waals surface area contributed by atoms with Gasteiger partial charge in [-0.05, 0) is 54.2 Å². The van der Waals surface area contributed by atoms with Crippen molar-refractivity contribution >= 4 is 23.2 Å². The quantitative estimate of drug-likeness (QED) is 0.850. The van der Waals surface area contributed by atoms with Gasteiger partial charge in [0.05, 0.1) is 0 Å². The molecule has 1 fully saturated rings. The maximum absolute atomic E-state index is 12.6. The average Bonchev–Trinajstić information content (AvgIpc) is 2.77. The fraction of sp³-hybridized carbons (Fsp3) is 0.417. The van der Waals surface area contributed by atoms with Gasteiger partial charge in [0, 0.05) is 50.4 Å². The van der Waals surface area contributed by atoms with Gasteiger partial charge in [-0.2, -0.15) is 0 Å². The number of hydrogen-bond donors (Lipinski definition) is 1. The maximum atomic E-state index is 12.6. The van der Waals surface area contributed by atoms with Gasteiger partial charge >= 0.3 is 0 Å². The lowest BCUT2D eigenvalue weighted by Gasteiger charge is -2.36. The molecule has 5 nitrogen and oxygen atoms in total. The smallest absolute Gasteiger partial charge is 0.224 e. The Labute approximate surface area is 172 Å². The van der Waals surface area contributed by atoms with Crippen molar-refractivity contribution in [1.29, 1.82) is 0 Å². The number of amides is 2. The van der Waals surface area contributed by atoms with Gasteiger partial charge in [-0.1, -0.05) is 31.2 Å². The number of carbonyl (C=O) groups is 2. The van der Waals surface area contributed by atoms with Crippen molar-refractivity contribution < 1.29 is 9.59 Å². The van der Waals surface area contributed by atoms with E-state index in [1.807, 2.05) is 11.0 Å². The maximum Gasteiger partial charge on any atom is 0.224 e. The number of aryl methyl sites for hydroxylation is 3. The first-order valence-electron chi connectivity index (χ1n) is 10.7.